The molecule has 0 aliphatic carbocycles. The van der Waals surface area contributed by atoms with Gasteiger partial charge in [0, 0.05) is 31.8 Å². The van der Waals surface area contributed by atoms with Crippen LogP contribution < -0.4 is 5.32 Å². The van der Waals surface area contributed by atoms with Crippen LogP contribution in [0, 0.1) is 5.92 Å². The van der Waals surface area contributed by atoms with Crippen molar-refractivity contribution in [1.29, 1.82) is 0 Å². The molecule has 4 atom stereocenters. The highest BCUT2D eigenvalue weighted by molar-refractivity contribution is 4.89. The van der Waals surface area contributed by atoms with Crippen LogP contribution in [0.25, 0.3) is 0 Å². The summed E-state index contributed by atoms with van der Waals surface area (Å²) < 4.78 is 5.90. The molecular weight excluding hydrogens is 236 g/mol. The molecule has 0 aromatic rings. The Hall–Kier alpha value is -0.120. The van der Waals surface area contributed by atoms with Gasteiger partial charge >= 0.3 is 0 Å². The zero-order chi connectivity index (χ0) is 13.7. The Morgan fingerprint density at radius 3 is 2.74 bits per heavy atom. The smallest absolute Gasteiger partial charge is 0.0702 e. The normalized spacial score (nSPS) is 37.4. The number of hydrogen-bond donors (Lipinski definition) is 1. The van der Waals surface area contributed by atoms with Crippen LogP contribution in [-0.4, -0.2) is 49.3 Å². The summed E-state index contributed by atoms with van der Waals surface area (Å²) in [7, 11) is 0. The lowest BCUT2D eigenvalue weighted by Crippen LogP contribution is -2.55. The fourth-order valence-corrected chi connectivity index (χ4v) is 3.53. The Kier molecular flexibility index (Phi) is 6.11. The van der Waals surface area contributed by atoms with Crippen LogP contribution in [-0.2, 0) is 4.74 Å². The third kappa shape index (κ3) is 4.17. The van der Waals surface area contributed by atoms with Gasteiger partial charge in [-0.3, -0.25) is 4.90 Å². The summed E-state index contributed by atoms with van der Waals surface area (Å²) in [6.07, 6.45) is 6.88. The summed E-state index contributed by atoms with van der Waals surface area (Å²) in [5.41, 5.74) is 0. The van der Waals surface area contributed by atoms with E-state index < -0.39 is 0 Å². The van der Waals surface area contributed by atoms with Gasteiger partial charge < -0.3 is 10.1 Å². The highest BCUT2D eigenvalue weighted by Gasteiger charge is 2.33. The molecule has 112 valence electrons. The summed E-state index contributed by atoms with van der Waals surface area (Å²) in [5, 5.41) is 3.72. The fourth-order valence-electron chi connectivity index (χ4n) is 3.53. The van der Waals surface area contributed by atoms with Gasteiger partial charge in [-0.05, 0) is 51.5 Å². The number of piperidine rings is 1. The van der Waals surface area contributed by atoms with Gasteiger partial charge in [-0.25, -0.2) is 0 Å². The minimum absolute atomic E-state index is 0.489. The summed E-state index contributed by atoms with van der Waals surface area (Å²) in [6, 6.07) is 1.38. The number of nitrogens with one attached hydrogen (secondary N) is 1. The zero-order valence-electron chi connectivity index (χ0n) is 13.0. The third-order valence-corrected chi connectivity index (χ3v) is 5.07. The minimum atomic E-state index is 0.489. The van der Waals surface area contributed by atoms with Crippen LogP contribution in [0.5, 0.6) is 0 Å². The molecule has 2 rings (SSSR count). The molecule has 0 saturated carbocycles. The lowest BCUT2D eigenvalue weighted by Gasteiger charge is -2.44. The molecule has 2 fully saturated rings. The highest BCUT2D eigenvalue weighted by atomic mass is 16.5. The van der Waals surface area contributed by atoms with Crippen LogP contribution in [0.1, 0.15) is 52.9 Å². The van der Waals surface area contributed by atoms with Crippen molar-refractivity contribution >= 4 is 0 Å². The van der Waals surface area contributed by atoms with Crippen molar-refractivity contribution in [3.63, 3.8) is 0 Å². The standard InChI is InChI=1S/C16H32N2O/c1-4-9-17-16-8-10-18(14(3)13(16)2)12-15-7-5-6-11-19-15/h13-17H,4-12H2,1-3H3. The molecule has 0 aromatic carbocycles. The molecule has 4 unspecified atom stereocenters. The van der Waals surface area contributed by atoms with Crippen molar-refractivity contribution in [3.8, 4) is 0 Å². The second-order valence-electron chi connectivity index (χ2n) is 6.43. The van der Waals surface area contributed by atoms with Crippen LogP contribution in [0.4, 0.5) is 0 Å². The molecule has 0 aromatic heterocycles. The second-order valence-corrected chi connectivity index (χ2v) is 6.43. The molecule has 0 bridgehead atoms. The molecule has 3 nitrogen and oxygen atoms in total. The molecular formula is C16H32N2O. The molecule has 0 radical (unpaired) electrons. The lowest BCUT2D eigenvalue weighted by molar-refractivity contribution is -0.0281. The molecule has 0 spiro atoms. The molecule has 2 heterocycles. The summed E-state index contributed by atoms with van der Waals surface area (Å²) >= 11 is 0. The van der Waals surface area contributed by atoms with E-state index in [0.29, 0.717) is 18.2 Å². The van der Waals surface area contributed by atoms with E-state index in [1.807, 2.05) is 0 Å². The van der Waals surface area contributed by atoms with Gasteiger partial charge in [-0.15, -0.1) is 0 Å². The minimum Gasteiger partial charge on any atom is -0.377 e. The van der Waals surface area contributed by atoms with Gasteiger partial charge in [0.1, 0.15) is 0 Å². The topological polar surface area (TPSA) is 24.5 Å². The first-order chi connectivity index (χ1) is 9.22. The zero-order valence-corrected chi connectivity index (χ0v) is 13.0. The molecule has 1 N–H and O–H groups in total. The van der Waals surface area contributed by atoms with Crippen molar-refractivity contribution < 1.29 is 4.74 Å². The van der Waals surface area contributed by atoms with Crippen LogP contribution in [0.2, 0.25) is 0 Å². The summed E-state index contributed by atoms with van der Waals surface area (Å²) in [6.45, 7) is 11.6. The number of hydrogen-bond acceptors (Lipinski definition) is 3. The molecule has 3 heteroatoms. The monoisotopic (exact) mass is 268 g/mol. The van der Waals surface area contributed by atoms with Gasteiger partial charge in [0.15, 0.2) is 0 Å². The summed E-state index contributed by atoms with van der Waals surface area (Å²) in [5.74, 6) is 0.740. The van der Waals surface area contributed by atoms with E-state index >= 15 is 0 Å². The maximum Gasteiger partial charge on any atom is 0.0702 e. The highest BCUT2D eigenvalue weighted by Crippen LogP contribution is 2.25. The quantitative estimate of drug-likeness (QED) is 0.829. The average molecular weight is 268 g/mol. The van der Waals surface area contributed by atoms with E-state index in [4.69, 9.17) is 4.74 Å². The maximum absolute atomic E-state index is 5.90. The Morgan fingerprint density at radius 2 is 2.05 bits per heavy atom. The Labute approximate surface area is 119 Å². The van der Waals surface area contributed by atoms with E-state index in [0.717, 1.165) is 25.6 Å². The Balaban J connectivity index is 1.80. The van der Waals surface area contributed by atoms with Crippen LogP contribution >= 0.6 is 0 Å². The SMILES string of the molecule is CCCNC1CCN(CC2CCCCO2)C(C)C1C. The number of nitrogens with zero attached hydrogens (tertiary/aromatic N) is 1. The van der Waals surface area contributed by atoms with E-state index in [1.165, 1.54) is 38.6 Å². The van der Waals surface area contributed by atoms with Crippen molar-refractivity contribution in [3.05, 3.63) is 0 Å². The van der Waals surface area contributed by atoms with Crippen molar-refractivity contribution in [2.24, 2.45) is 5.92 Å². The number of likely N-dealkylation sites (tertiary alicyclic amines) is 1. The van der Waals surface area contributed by atoms with Gasteiger partial charge in [-0.1, -0.05) is 13.8 Å². The number of ether oxygens (including phenoxy) is 1. The average Bonchev–Trinajstić information content (AvgIpc) is 2.44. The molecule has 2 aliphatic heterocycles. The van der Waals surface area contributed by atoms with Crippen LogP contribution in [0.15, 0.2) is 0 Å². The first-order valence-corrected chi connectivity index (χ1v) is 8.31. The fraction of sp³-hybridized carbons (Fsp3) is 1.00. The van der Waals surface area contributed by atoms with Crippen LogP contribution in [0.3, 0.4) is 0 Å². The number of rotatable bonds is 5. The van der Waals surface area contributed by atoms with Crippen molar-refractivity contribution in [2.45, 2.75) is 71.1 Å². The predicted molar refractivity (Wildman–Crippen MR) is 80.5 cm³/mol. The van der Waals surface area contributed by atoms with Crippen molar-refractivity contribution in [1.82, 2.24) is 10.2 Å². The van der Waals surface area contributed by atoms with E-state index in [-0.39, 0.29) is 0 Å². The molecule has 2 aliphatic rings. The first kappa shape index (κ1) is 15.3. The van der Waals surface area contributed by atoms with E-state index in [2.05, 4.69) is 31.0 Å². The molecule has 2 saturated heterocycles. The van der Waals surface area contributed by atoms with Gasteiger partial charge in [-0.2, -0.15) is 0 Å². The lowest BCUT2D eigenvalue weighted by atomic mass is 9.86. The van der Waals surface area contributed by atoms with Gasteiger partial charge in [0.25, 0.3) is 0 Å². The predicted octanol–water partition coefficient (Wildman–Crippen LogP) is 2.65. The third-order valence-electron chi connectivity index (χ3n) is 5.07. The molecule has 19 heavy (non-hydrogen) atoms. The summed E-state index contributed by atoms with van der Waals surface area (Å²) in [4.78, 5) is 2.66. The second kappa shape index (κ2) is 7.61. The Bertz CT molecular complexity index is 253. The largest absolute Gasteiger partial charge is 0.377 e. The van der Waals surface area contributed by atoms with Gasteiger partial charge in [0.2, 0.25) is 0 Å². The Morgan fingerprint density at radius 1 is 1.21 bits per heavy atom. The van der Waals surface area contributed by atoms with Gasteiger partial charge in [0.05, 0.1) is 6.10 Å². The maximum atomic E-state index is 5.90. The molecule has 0 amide bonds. The first-order valence-electron chi connectivity index (χ1n) is 8.31. The van der Waals surface area contributed by atoms with E-state index in [9.17, 15) is 0 Å². The van der Waals surface area contributed by atoms with Crippen molar-refractivity contribution in [2.75, 3.05) is 26.2 Å². The van der Waals surface area contributed by atoms with E-state index in [1.54, 1.807) is 0 Å².